The Bertz CT molecular complexity index is 757. The number of carbonyl (C=O) groups excluding carboxylic acids is 2. The number of aliphatic carboxylic acids is 1. The van der Waals surface area contributed by atoms with Gasteiger partial charge >= 0.3 is 5.97 Å². The number of anilines is 1. The Kier molecular flexibility index (Phi) is 6.13. The Morgan fingerprint density at radius 2 is 1.80 bits per heavy atom. The van der Waals surface area contributed by atoms with Crippen LogP contribution in [0.15, 0.2) is 24.3 Å². The number of benzene rings is 1. The van der Waals surface area contributed by atoms with Gasteiger partial charge < -0.3 is 15.7 Å². The summed E-state index contributed by atoms with van der Waals surface area (Å²) in [6.45, 7) is 0.0200. The fraction of sp³-hybridized carbons (Fsp3) is 0.438. The molecule has 25 heavy (non-hydrogen) atoms. The average molecular weight is 368 g/mol. The molecule has 0 bridgehead atoms. The van der Waals surface area contributed by atoms with Gasteiger partial charge in [0.15, 0.2) is 9.84 Å². The molecule has 9 heteroatoms. The lowest BCUT2D eigenvalue weighted by molar-refractivity contribution is -0.136. The fourth-order valence-electron chi connectivity index (χ4n) is 2.56. The Morgan fingerprint density at radius 1 is 1.12 bits per heavy atom. The highest BCUT2D eigenvalue weighted by Crippen LogP contribution is 2.21. The quantitative estimate of drug-likeness (QED) is 0.681. The monoisotopic (exact) mass is 368 g/mol. The largest absolute Gasteiger partial charge is 0.481 e. The molecule has 1 saturated heterocycles. The third kappa shape index (κ3) is 5.28. The van der Waals surface area contributed by atoms with Crippen LogP contribution < -0.4 is 10.6 Å². The molecule has 1 atom stereocenters. The standard InChI is InChI=1S/C16H20N2O6S/c19-14(20)8-9-17-15(21)11-4-6-12(7-5-11)18-16(22)13-3-1-2-10-25(13,23)24/h4-7,13H,1-3,8-10H2,(H,17,21)(H,18,22)(H,19,20). The van der Waals surface area contributed by atoms with Crippen molar-refractivity contribution in [3.8, 4) is 0 Å². The predicted molar refractivity (Wildman–Crippen MR) is 91.1 cm³/mol. The molecule has 1 aliphatic heterocycles. The highest BCUT2D eigenvalue weighted by Gasteiger charge is 2.34. The number of carboxylic acids is 1. The van der Waals surface area contributed by atoms with E-state index in [2.05, 4.69) is 10.6 Å². The number of carboxylic acid groups (broad SMARTS) is 1. The molecular weight excluding hydrogens is 348 g/mol. The van der Waals surface area contributed by atoms with Crippen LogP contribution in [0.3, 0.4) is 0 Å². The highest BCUT2D eigenvalue weighted by atomic mass is 32.2. The van der Waals surface area contributed by atoms with Crippen molar-refractivity contribution in [3.05, 3.63) is 29.8 Å². The smallest absolute Gasteiger partial charge is 0.305 e. The van der Waals surface area contributed by atoms with E-state index in [4.69, 9.17) is 5.11 Å². The molecule has 0 spiro atoms. The molecule has 1 fully saturated rings. The number of rotatable bonds is 6. The van der Waals surface area contributed by atoms with Crippen molar-refractivity contribution < 1.29 is 27.9 Å². The van der Waals surface area contributed by atoms with E-state index in [-0.39, 0.29) is 18.7 Å². The van der Waals surface area contributed by atoms with Crippen LogP contribution in [0.5, 0.6) is 0 Å². The van der Waals surface area contributed by atoms with Crippen LogP contribution in [0.4, 0.5) is 5.69 Å². The number of sulfone groups is 1. The van der Waals surface area contributed by atoms with Crippen molar-refractivity contribution in [1.82, 2.24) is 5.32 Å². The molecule has 8 nitrogen and oxygen atoms in total. The van der Waals surface area contributed by atoms with Crippen molar-refractivity contribution >= 4 is 33.3 Å². The van der Waals surface area contributed by atoms with Crippen molar-refractivity contribution in [2.45, 2.75) is 30.9 Å². The maximum atomic E-state index is 12.2. The summed E-state index contributed by atoms with van der Waals surface area (Å²) in [5.74, 6) is -1.95. The van der Waals surface area contributed by atoms with Gasteiger partial charge in [-0.15, -0.1) is 0 Å². The summed E-state index contributed by atoms with van der Waals surface area (Å²) in [5.41, 5.74) is 0.710. The van der Waals surface area contributed by atoms with Crippen LogP contribution in [0.25, 0.3) is 0 Å². The van der Waals surface area contributed by atoms with E-state index in [0.29, 0.717) is 30.5 Å². The molecule has 1 heterocycles. The Balaban J connectivity index is 1.94. The number of carbonyl (C=O) groups is 3. The number of amides is 2. The van der Waals surface area contributed by atoms with E-state index in [1.165, 1.54) is 24.3 Å². The van der Waals surface area contributed by atoms with E-state index in [1.54, 1.807) is 0 Å². The first-order chi connectivity index (χ1) is 11.8. The predicted octanol–water partition coefficient (Wildman–Crippen LogP) is 0.797. The zero-order valence-corrected chi connectivity index (χ0v) is 14.3. The second-order valence-electron chi connectivity index (χ2n) is 5.82. The van der Waals surface area contributed by atoms with Gasteiger partial charge in [0.1, 0.15) is 5.25 Å². The van der Waals surface area contributed by atoms with Gasteiger partial charge in [-0.25, -0.2) is 8.42 Å². The molecule has 3 N–H and O–H groups in total. The molecule has 1 aromatic rings. The minimum absolute atomic E-state index is 0.0200. The summed E-state index contributed by atoms with van der Waals surface area (Å²) in [4.78, 5) is 34.4. The lowest BCUT2D eigenvalue weighted by Gasteiger charge is -2.21. The Morgan fingerprint density at radius 3 is 2.40 bits per heavy atom. The number of nitrogens with one attached hydrogen (secondary N) is 2. The van der Waals surface area contributed by atoms with E-state index in [1.807, 2.05) is 0 Å². The summed E-state index contributed by atoms with van der Waals surface area (Å²) in [7, 11) is -3.41. The summed E-state index contributed by atoms with van der Waals surface area (Å²) < 4.78 is 23.9. The fourth-order valence-corrected chi connectivity index (χ4v) is 4.36. The van der Waals surface area contributed by atoms with Crippen molar-refractivity contribution in [3.63, 3.8) is 0 Å². The van der Waals surface area contributed by atoms with Crippen LogP contribution >= 0.6 is 0 Å². The second kappa shape index (κ2) is 8.11. The van der Waals surface area contributed by atoms with Crippen molar-refractivity contribution in [1.29, 1.82) is 0 Å². The molecule has 2 rings (SSSR count). The molecular formula is C16H20N2O6S. The molecule has 1 unspecified atom stereocenters. The molecule has 1 aromatic carbocycles. The Hall–Kier alpha value is -2.42. The van der Waals surface area contributed by atoms with Crippen LogP contribution in [0.2, 0.25) is 0 Å². The molecule has 0 aliphatic carbocycles. The van der Waals surface area contributed by atoms with Gasteiger partial charge in [0.05, 0.1) is 12.2 Å². The zero-order chi connectivity index (χ0) is 18.4. The van der Waals surface area contributed by atoms with Gasteiger partial charge in [-0.2, -0.15) is 0 Å². The molecule has 0 saturated carbocycles. The van der Waals surface area contributed by atoms with E-state index >= 15 is 0 Å². The molecule has 0 aromatic heterocycles. The number of hydrogen-bond acceptors (Lipinski definition) is 5. The van der Waals surface area contributed by atoms with Crippen LogP contribution in [0, 0.1) is 0 Å². The Labute approximate surface area is 145 Å². The van der Waals surface area contributed by atoms with Crippen LogP contribution in [-0.4, -0.2) is 48.9 Å². The van der Waals surface area contributed by atoms with Gasteiger partial charge in [0.25, 0.3) is 5.91 Å². The van der Waals surface area contributed by atoms with Gasteiger partial charge in [-0.3, -0.25) is 14.4 Å². The summed E-state index contributed by atoms with van der Waals surface area (Å²) >= 11 is 0. The normalized spacial score (nSPS) is 19.0. The third-order valence-electron chi connectivity index (χ3n) is 3.91. The van der Waals surface area contributed by atoms with E-state index in [9.17, 15) is 22.8 Å². The van der Waals surface area contributed by atoms with Gasteiger partial charge in [-0.05, 0) is 37.1 Å². The van der Waals surface area contributed by atoms with Gasteiger partial charge in [0, 0.05) is 17.8 Å². The summed E-state index contributed by atoms with van der Waals surface area (Å²) in [5, 5.41) is 12.5. The van der Waals surface area contributed by atoms with Crippen molar-refractivity contribution in [2.75, 3.05) is 17.6 Å². The average Bonchev–Trinajstić information content (AvgIpc) is 2.54. The van der Waals surface area contributed by atoms with Gasteiger partial charge in [-0.1, -0.05) is 6.42 Å². The first-order valence-electron chi connectivity index (χ1n) is 7.92. The molecule has 1 aliphatic rings. The highest BCUT2D eigenvalue weighted by molar-refractivity contribution is 7.92. The molecule has 136 valence electrons. The topological polar surface area (TPSA) is 130 Å². The maximum absolute atomic E-state index is 12.2. The minimum Gasteiger partial charge on any atom is -0.481 e. The summed E-state index contributed by atoms with van der Waals surface area (Å²) in [6, 6.07) is 5.95. The van der Waals surface area contributed by atoms with E-state index in [0.717, 1.165) is 0 Å². The van der Waals surface area contributed by atoms with Gasteiger partial charge in [0.2, 0.25) is 5.91 Å². The lowest BCUT2D eigenvalue weighted by atomic mass is 10.1. The van der Waals surface area contributed by atoms with Crippen LogP contribution in [0.1, 0.15) is 36.0 Å². The minimum atomic E-state index is -3.41. The summed E-state index contributed by atoms with van der Waals surface area (Å²) in [6.07, 6.45) is 1.43. The van der Waals surface area contributed by atoms with Crippen LogP contribution in [-0.2, 0) is 19.4 Å². The zero-order valence-electron chi connectivity index (χ0n) is 13.5. The first-order valence-corrected chi connectivity index (χ1v) is 9.63. The molecule has 0 radical (unpaired) electrons. The maximum Gasteiger partial charge on any atom is 0.305 e. The van der Waals surface area contributed by atoms with E-state index < -0.39 is 32.9 Å². The SMILES string of the molecule is O=C(O)CCNC(=O)c1ccc(NC(=O)C2CCCCS2(=O)=O)cc1. The van der Waals surface area contributed by atoms with Crippen molar-refractivity contribution in [2.24, 2.45) is 0 Å². The lowest BCUT2D eigenvalue weighted by Crippen LogP contribution is -2.39. The molecule has 2 amide bonds. The number of hydrogen-bond donors (Lipinski definition) is 3. The third-order valence-corrected chi connectivity index (χ3v) is 6.08. The first kappa shape index (κ1) is 18.9. The second-order valence-corrected chi connectivity index (χ2v) is 8.12.